The molecule has 1 amide bonds. The molecule has 0 spiro atoms. The molecule has 1 N–H and O–H groups in total. The Bertz CT molecular complexity index is 1380. The average Bonchev–Trinajstić information content (AvgIpc) is 3.16. The highest BCUT2D eigenvalue weighted by Gasteiger charge is 2.18. The molecule has 0 atom stereocenters. The van der Waals surface area contributed by atoms with Crippen molar-refractivity contribution in [1.82, 2.24) is 4.57 Å². The Labute approximate surface area is 198 Å². The Morgan fingerprint density at radius 1 is 0.970 bits per heavy atom. The number of carbonyl (C=O) groups is 1. The number of halogens is 1. The summed E-state index contributed by atoms with van der Waals surface area (Å²) < 4.78 is 2.13. The maximum Gasteiger partial charge on any atom is 0.266 e. The third-order valence-corrected chi connectivity index (χ3v) is 5.62. The third-order valence-electron chi connectivity index (χ3n) is 5.39. The number of anilines is 1. The molecule has 0 saturated carbocycles. The van der Waals surface area contributed by atoms with Crippen molar-refractivity contribution in [2.45, 2.75) is 13.8 Å². The second-order valence-electron chi connectivity index (χ2n) is 7.71. The number of rotatable bonds is 5. The second kappa shape index (κ2) is 9.60. The van der Waals surface area contributed by atoms with Crippen LogP contribution in [0, 0.1) is 25.2 Å². The van der Waals surface area contributed by atoms with Crippen LogP contribution >= 0.6 is 11.6 Å². The summed E-state index contributed by atoms with van der Waals surface area (Å²) in [4.78, 5) is 13.0. The van der Waals surface area contributed by atoms with E-state index >= 15 is 0 Å². The topological polar surface area (TPSA) is 57.8 Å². The van der Waals surface area contributed by atoms with Crippen molar-refractivity contribution in [2.75, 3.05) is 5.32 Å². The van der Waals surface area contributed by atoms with E-state index in [0.717, 1.165) is 33.8 Å². The van der Waals surface area contributed by atoms with Gasteiger partial charge in [0.1, 0.15) is 11.6 Å². The van der Waals surface area contributed by atoms with Crippen LogP contribution in [0.15, 0.2) is 90.5 Å². The number of aryl methyl sites for hydroxylation is 2. The zero-order valence-corrected chi connectivity index (χ0v) is 19.1. The van der Waals surface area contributed by atoms with Gasteiger partial charge >= 0.3 is 0 Å². The predicted molar refractivity (Wildman–Crippen MR) is 134 cm³/mol. The molecular formula is C28H22ClN3O. The van der Waals surface area contributed by atoms with Gasteiger partial charge in [0.2, 0.25) is 0 Å². The summed E-state index contributed by atoms with van der Waals surface area (Å²) in [5.41, 5.74) is 6.15. The van der Waals surface area contributed by atoms with E-state index in [2.05, 4.69) is 16.0 Å². The predicted octanol–water partition coefficient (Wildman–Crippen LogP) is 6.96. The van der Waals surface area contributed by atoms with Gasteiger partial charge in [0.25, 0.3) is 5.91 Å². The van der Waals surface area contributed by atoms with E-state index in [0.29, 0.717) is 10.7 Å². The zero-order valence-electron chi connectivity index (χ0n) is 18.3. The number of carbonyl (C=O) groups excluding carboxylic acids is 1. The molecule has 0 bridgehead atoms. The minimum absolute atomic E-state index is 0.0109. The highest BCUT2D eigenvalue weighted by Crippen LogP contribution is 2.32. The summed E-state index contributed by atoms with van der Waals surface area (Å²) in [6, 6.07) is 29.3. The first kappa shape index (κ1) is 22.1. The van der Waals surface area contributed by atoms with Crippen LogP contribution in [0.2, 0.25) is 5.02 Å². The van der Waals surface area contributed by atoms with Crippen molar-refractivity contribution >= 4 is 29.3 Å². The molecule has 0 unspecified atom stereocenters. The van der Waals surface area contributed by atoms with Crippen molar-refractivity contribution < 1.29 is 4.79 Å². The molecule has 0 aliphatic rings. The van der Waals surface area contributed by atoms with Gasteiger partial charge in [-0.05, 0) is 61.4 Å². The van der Waals surface area contributed by atoms with Gasteiger partial charge in [0, 0.05) is 27.7 Å². The molecule has 0 aliphatic carbocycles. The zero-order chi connectivity index (χ0) is 23.4. The maximum atomic E-state index is 13.0. The van der Waals surface area contributed by atoms with Crippen LogP contribution in [-0.2, 0) is 4.79 Å². The lowest BCUT2D eigenvalue weighted by Gasteiger charge is -2.13. The number of amides is 1. The van der Waals surface area contributed by atoms with Gasteiger partial charge in [-0.1, -0.05) is 66.2 Å². The van der Waals surface area contributed by atoms with Crippen molar-refractivity contribution in [1.29, 1.82) is 5.26 Å². The van der Waals surface area contributed by atoms with Crippen LogP contribution in [0.4, 0.5) is 5.69 Å². The van der Waals surface area contributed by atoms with E-state index < -0.39 is 5.91 Å². The van der Waals surface area contributed by atoms with Gasteiger partial charge in [-0.15, -0.1) is 0 Å². The van der Waals surface area contributed by atoms with Gasteiger partial charge in [-0.3, -0.25) is 4.79 Å². The van der Waals surface area contributed by atoms with Crippen LogP contribution in [0.25, 0.3) is 23.0 Å². The number of nitrogens with zero attached hydrogens (tertiary/aromatic N) is 2. The van der Waals surface area contributed by atoms with Gasteiger partial charge in [0.05, 0.1) is 5.69 Å². The summed E-state index contributed by atoms with van der Waals surface area (Å²) in [7, 11) is 0. The number of para-hydroxylation sites is 1. The highest BCUT2D eigenvalue weighted by atomic mass is 35.5. The van der Waals surface area contributed by atoms with Crippen LogP contribution in [0.5, 0.6) is 0 Å². The minimum Gasteiger partial charge on any atom is -0.321 e. The quantitative estimate of drug-likeness (QED) is 0.263. The van der Waals surface area contributed by atoms with Crippen LogP contribution in [0.1, 0.15) is 16.8 Å². The lowest BCUT2D eigenvalue weighted by Crippen LogP contribution is -2.14. The number of nitrogens with one attached hydrogen (secondary N) is 1. The molecule has 4 rings (SSSR count). The Morgan fingerprint density at radius 2 is 1.64 bits per heavy atom. The highest BCUT2D eigenvalue weighted by molar-refractivity contribution is 6.31. The summed E-state index contributed by atoms with van der Waals surface area (Å²) in [6.45, 7) is 3.89. The lowest BCUT2D eigenvalue weighted by atomic mass is 10.0. The summed E-state index contributed by atoms with van der Waals surface area (Å²) in [6.07, 6.45) is 1.64. The van der Waals surface area contributed by atoms with E-state index in [9.17, 15) is 10.1 Å². The van der Waals surface area contributed by atoms with Crippen molar-refractivity contribution in [2.24, 2.45) is 0 Å². The fourth-order valence-electron chi connectivity index (χ4n) is 3.80. The standard InChI is InChI=1S/C28H22ClN3O/c1-19-13-14-24(29)17-26(19)31-28(33)23(18-30)16-22-15-20(2)32(25-11-7-4-8-12-25)27(22)21-9-5-3-6-10-21/h3-17H,1-2H3,(H,31,33)/b23-16-. The Hall–Kier alpha value is -4.07. The molecule has 0 fully saturated rings. The van der Waals surface area contributed by atoms with Gasteiger partial charge in [0.15, 0.2) is 0 Å². The largest absolute Gasteiger partial charge is 0.321 e. The van der Waals surface area contributed by atoms with Crippen LogP contribution < -0.4 is 5.32 Å². The number of aromatic nitrogens is 1. The molecule has 5 heteroatoms. The molecule has 162 valence electrons. The van der Waals surface area contributed by atoms with E-state index in [1.165, 1.54) is 0 Å². The van der Waals surface area contributed by atoms with Gasteiger partial charge < -0.3 is 9.88 Å². The Kier molecular flexibility index (Phi) is 6.44. The van der Waals surface area contributed by atoms with Crippen LogP contribution in [0.3, 0.4) is 0 Å². The first-order valence-electron chi connectivity index (χ1n) is 10.5. The Balaban J connectivity index is 1.82. The molecule has 0 aliphatic heterocycles. The monoisotopic (exact) mass is 451 g/mol. The SMILES string of the molecule is Cc1ccc(Cl)cc1NC(=O)/C(C#N)=C\c1cc(C)n(-c2ccccc2)c1-c1ccccc1. The first-order valence-corrected chi connectivity index (χ1v) is 10.9. The fourth-order valence-corrected chi connectivity index (χ4v) is 3.97. The van der Waals surface area contributed by atoms with Gasteiger partial charge in [-0.25, -0.2) is 0 Å². The lowest BCUT2D eigenvalue weighted by molar-refractivity contribution is -0.112. The van der Waals surface area contributed by atoms with Crippen molar-refractivity contribution in [3.63, 3.8) is 0 Å². The smallest absolute Gasteiger partial charge is 0.266 e. The summed E-state index contributed by atoms with van der Waals surface area (Å²) in [5, 5.41) is 13.1. The van der Waals surface area contributed by atoms with Gasteiger partial charge in [-0.2, -0.15) is 5.26 Å². The molecule has 3 aromatic carbocycles. The Morgan fingerprint density at radius 3 is 2.30 bits per heavy atom. The first-order chi connectivity index (χ1) is 16.0. The molecule has 4 nitrogen and oxygen atoms in total. The summed E-state index contributed by atoms with van der Waals surface area (Å²) >= 11 is 6.08. The fraction of sp³-hybridized carbons (Fsp3) is 0.0714. The molecule has 0 radical (unpaired) electrons. The number of nitriles is 1. The minimum atomic E-state index is -0.480. The molecule has 1 aromatic heterocycles. The normalized spacial score (nSPS) is 11.2. The second-order valence-corrected chi connectivity index (χ2v) is 8.15. The molecule has 0 saturated heterocycles. The van der Waals surface area contributed by atoms with E-state index in [1.54, 1.807) is 18.2 Å². The van der Waals surface area contributed by atoms with E-state index in [1.807, 2.05) is 86.6 Å². The molecular weight excluding hydrogens is 430 g/mol. The third kappa shape index (κ3) is 4.74. The van der Waals surface area contributed by atoms with E-state index in [-0.39, 0.29) is 5.57 Å². The average molecular weight is 452 g/mol. The number of hydrogen-bond acceptors (Lipinski definition) is 2. The van der Waals surface area contributed by atoms with E-state index in [4.69, 9.17) is 11.6 Å². The molecule has 4 aromatic rings. The van der Waals surface area contributed by atoms with Crippen molar-refractivity contribution in [3.8, 4) is 23.0 Å². The molecule has 33 heavy (non-hydrogen) atoms. The van der Waals surface area contributed by atoms with Crippen LogP contribution in [-0.4, -0.2) is 10.5 Å². The van der Waals surface area contributed by atoms with Crippen molar-refractivity contribution in [3.05, 3.63) is 112 Å². The summed E-state index contributed by atoms with van der Waals surface area (Å²) in [5.74, 6) is -0.480. The maximum absolute atomic E-state index is 13.0. The number of benzene rings is 3. The number of hydrogen-bond donors (Lipinski definition) is 1. The molecule has 1 heterocycles.